The fourth-order valence-electron chi connectivity index (χ4n) is 4.71. The van der Waals surface area contributed by atoms with Crippen molar-refractivity contribution >= 4 is 5.91 Å². The number of para-hydroxylation sites is 1. The SMILES string of the molecule is Cc1ccc(-c2cccc3c2OC(CNC(=O)[C@H]2C[C@@H]4C=C[C@H]2C4)C3)nc1. The van der Waals surface area contributed by atoms with E-state index in [2.05, 4.69) is 46.7 Å². The molecule has 138 valence electrons. The highest BCUT2D eigenvalue weighted by Gasteiger charge is 2.40. The first-order chi connectivity index (χ1) is 13.2. The molecule has 1 N–H and O–H groups in total. The number of nitrogens with one attached hydrogen (secondary N) is 1. The summed E-state index contributed by atoms with van der Waals surface area (Å²) in [7, 11) is 0. The predicted octanol–water partition coefficient (Wildman–Crippen LogP) is 3.69. The fraction of sp³-hybridized carbons (Fsp3) is 0.391. The number of carbonyl (C=O) groups excluding carboxylic acids is 1. The lowest BCUT2D eigenvalue weighted by Gasteiger charge is -2.19. The zero-order chi connectivity index (χ0) is 18.4. The van der Waals surface area contributed by atoms with Gasteiger partial charge in [0, 0.05) is 24.1 Å². The molecule has 2 bridgehead atoms. The van der Waals surface area contributed by atoms with Crippen molar-refractivity contribution in [1.29, 1.82) is 0 Å². The van der Waals surface area contributed by atoms with Crippen molar-refractivity contribution in [2.75, 3.05) is 6.54 Å². The van der Waals surface area contributed by atoms with Crippen LogP contribution in [0.4, 0.5) is 0 Å². The Balaban J connectivity index is 1.26. The molecule has 0 radical (unpaired) electrons. The van der Waals surface area contributed by atoms with Crippen LogP contribution in [0.15, 0.2) is 48.7 Å². The minimum absolute atomic E-state index is 0.00955. The number of aryl methyl sites for hydroxylation is 1. The van der Waals surface area contributed by atoms with E-state index in [1.54, 1.807) is 0 Å². The molecule has 4 heteroatoms. The van der Waals surface area contributed by atoms with Crippen molar-refractivity contribution in [1.82, 2.24) is 10.3 Å². The number of ether oxygens (including phenoxy) is 1. The van der Waals surface area contributed by atoms with Crippen molar-refractivity contribution < 1.29 is 9.53 Å². The van der Waals surface area contributed by atoms with Crippen LogP contribution >= 0.6 is 0 Å². The van der Waals surface area contributed by atoms with E-state index in [-0.39, 0.29) is 17.9 Å². The molecule has 0 saturated heterocycles. The van der Waals surface area contributed by atoms with E-state index in [4.69, 9.17) is 4.74 Å². The lowest BCUT2D eigenvalue weighted by atomic mass is 9.93. The van der Waals surface area contributed by atoms with Crippen LogP contribution in [-0.2, 0) is 11.2 Å². The van der Waals surface area contributed by atoms with Gasteiger partial charge in [0.1, 0.15) is 11.9 Å². The number of rotatable bonds is 4. The first kappa shape index (κ1) is 16.5. The molecule has 4 nitrogen and oxygen atoms in total. The smallest absolute Gasteiger partial charge is 0.223 e. The number of aromatic nitrogens is 1. The van der Waals surface area contributed by atoms with Crippen molar-refractivity contribution in [3.63, 3.8) is 0 Å². The zero-order valence-electron chi connectivity index (χ0n) is 15.5. The summed E-state index contributed by atoms with van der Waals surface area (Å²) < 4.78 is 6.23. The van der Waals surface area contributed by atoms with Crippen molar-refractivity contribution in [2.45, 2.75) is 32.3 Å². The maximum atomic E-state index is 12.6. The third kappa shape index (κ3) is 3.03. The van der Waals surface area contributed by atoms with Crippen LogP contribution in [0.25, 0.3) is 11.3 Å². The number of allylic oxidation sites excluding steroid dienone is 2. The third-order valence-corrected chi connectivity index (χ3v) is 6.14. The highest BCUT2D eigenvalue weighted by Crippen LogP contribution is 2.43. The Morgan fingerprint density at radius 1 is 1.22 bits per heavy atom. The Hall–Kier alpha value is -2.62. The van der Waals surface area contributed by atoms with E-state index < -0.39 is 0 Å². The van der Waals surface area contributed by atoms with Gasteiger partial charge in [0.15, 0.2) is 0 Å². The molecular weight excluding hydrogens is 336 g/mol. The Morgan fingerprint density at radius 2 is 2.15 bits per heavy atom. The standard InChI is InChI=1S/C23H24N2O2/c1-14-5-8-21(24-12-14)19-4-2-3-17-11-18(27-22(17)19)13-25-23(26)20-10-15-6-7-16(20)9-15/h2-8,12,15-16,18,20H,9-11,13H2,1H3,(H,25,26)/t15-,16+,18?,20+/m1/s1. The third-order valence-electron chi connectivity index (χ3n) is 6.14. The van der Waals surface area contributed by atoms with Crippen molar-refractivity contribution in [3.8, 4) is 17.0 Å². The van der Waals surface area contributed by atoms with Crippen LogP contribution in [0.5, 0.6) is 5.75 Å². The van der Waals surface area contributed by atoms with Crippen LogP contribution in [0, 0.1) is 24.7 Å². The van der Waals surface area contributed by atoms with Crippen molar-refractivity contribution in [3.05, 3.63) is 59.8 Å². The van der Waals surface area contributed by atoms with E-state index in [0.717, 1.165) is 41.8 Å². The topological polar surface area (TPSA) is 51.2 Å². The summed E-state index contributed by atoms with van der Waals surface area (Å²) in [4.78, 5) is 17.1. The van der Waals surface area contributed by atoms with Crippen LogP contribution < -0.4 is 10.1 Å². The molecular formula is C23H24N2O2. The average Bonchev–Trinajstić information content (AvgIpc) is 3.41. The Morgan fingerprint density at radius 3 is 2.89 bits per heavy atom. The minimum Gasteiger partial charge on any atom is -0.487 e. The van der Waals surface area contributed by atoms with Crippen LogP contribution in [-0.4, -0.2) is 23.5 Å². The molecule has 2 aliphatic carbocycles. The molecule has 3 aliphatic rings. The second kappa shape index (κ2) is 6.52. The number of fused-ring (bicyclic) bond motifs is 3. The van der Waals surface area contributed by atoms with E-state index >= 15 is 0 Å². The molecule has 1 saturated carbocycles. The molecule has 27 heavy (non-hydrogen) atoms. The lowest BCUT2D eigenvalue weighted by Crippen LogP contribution is -2.39. The van der Waals surface area contributed by atoms with Crippen molar-refractivity contribution in [2.24, 2.45) is 17.8 Å². The van der Waals surface area contributed by atoms with E-state index in [9.17, 15) is 4.79 Å². The first-order valence-corrected chi connectivity index (χ1v) is 9.85. The van der Waals surface area contributed by atoms with Gasteiger partial charge in [0.2, 0.25) is 5.91 Å². The monoisotopic (exact) mass is 360 g/mol. The number of pyridine rings is 1. The first-order valence-electron chi connectivity index (χ1n) is 9.85. The van der Waals surface area contributed by atoms with Gasteiger partial charge >= 0.3 is 0 Å². The minimum atomic E-state index is -0.00955. The predicted molar refractivity (Wildman–Crippen MR) is 104 cm³/mol. The average molecular weight is 360 g/mol. The van der Waals surface area contributed by atoms with Crippen LogP contribution in [0.2, 0.25) is 0 Å². The Labute approximate surface area is 159 Å². The fourth-order valence-corrected chi connectivity index (χ4v) is 4.71. The van der Waals surface area contributed by atoms with Gasteiger partial charge < -0.3 is 10.1 Å². The summed E-state index contributed by atoms with van der Waals surface area (Å²) in [6, 6.07) is 10.3. The van der Waals surface area contributed by atoms with Gasteiger partial charge in [-0.3, -0.25) is 9.78 Å². The number of carbonyl (C=O) groups is 1. The molecule has 1 amide bonds. The number of nitrogens with zero attached hydrogens (tertiary/aromatic N) is 1. The second-order valence-corrected chi connectivity index (χ2v) is 8.09. The summed E-state index contributed by atoms with van der Waals surface area (Å²) in [6.45, 7) is 2.60. The summed E-state index contributed by atoms with van der Waals surface area (Å²) in [5, 5.41) is 3.14. The zero-order valence-corrected chi connectivity index (χ0v) is 15.5. The molecule has 5 rings (SSSR count). The molecule has 1 fully saturated rings. The van der Waals surface area contributed by atoms with Crippen LogP contribution in [0.3, 0.4) is 0 Å². The van der Waals surface area contributed by atoms with E-state index in [0.29, 0.717) is 18.4 Å². The van der Waals surface area contributed by atoms with E-state index in [1.165, 1.54) is 5.56 Å². The highest BCUT2D eigenvalue weighted by molar-refractivity contribution is 5.80. The molecule has 1 aromatic carbocycles. The summed E-state index contributed by atoms with van der Waals surface area (Å²) in [5.74, 6) is 2.30. The second-order valence-electron chi connectivity index (χ2n) is 8.09. The van der Waals surface area contributed by atoms with Gasteiger partial charge in [0.25, 0.3) is 0 Å². The largest absolute Gasteiger partial charge is 0.487 e. The normalized spacial score (nSPS) is 27.4. The Bertz CT molecular complexity index is 903. The maximum absolute atomic E-state index is 12.6. The molecule has 2 heterocycles. The van der Waals surface area contributed by atoms with Gasteiger partial charge in [-0.15, -0.1) is 0 Å². The number of benzene rings is 1. The molecule has 0 spiro atoms. The summed E-state index contributed by atoms with van der Waals surface area (Å²) >= 11 is 0. The van der Waals surface area contributed by atoms with E-state index in [1.807, 2.05) is 19.2 Å². The van der Waals surface area contributed by atoms with Gasteiger partial charge in [-0.1, -0.05) is 30.4 Å². The Kier molecular flexibility index (Phi) is 4.00. The number of hydrogen-bond donors (Lipinski definition) is 1. The molecule has 4 atom stereocenters. The van der Waals surface area contributed by atoms with Gasteiger partial charge in [-0.2, -0.15) is 0 Å². The molecule has 2 aromatic rings. The van der Waals surface area contributed by atoms with Crippen LogP contribution in [0.1, 0.15) is 24.0 Å². The lowest BCUT2D eigenvalue weighted by molar-refractivity contribution is -0.126. The molecule has 1 aliphatic heterocycles. The molecule has 1 aromatic heterocycles. The quantitative estimate of drug-likeness (QED) is 0.846. The van der Waals surface area contributed by atoms with Gasteiger partial charge in [0.05, 0.1) is 12.2 Å². The highest BCUT2D eigenvalue weighted by atomic mass is 16.5. The number of amides is 1. The maximum Gasteiger partial charge on any atom is 0.223 e. The summed E-state index contributed by atoms with van der Waals surface area (Å²) in [5.41, 5.74) is 4.29. The van der Waals surface area contributed by atoms with Gasteiger partial charge in [-0.25, -0.2) is 0 Å². The van der Waals surface area contributed by atoms with Gasteiger partial charge in [-0.05, 0) is 54.9 Å². The summed E-state index contributed by atoms with van der Waals surface area (Å²) in [6.07, 6.45) is 9.34. The molecule has 1 unspecified atom stereocenters. The number of hydrogen-bond acceptors (Lipinski definition) is 3.